The molecule has 0 aromatic carbocycles. The third-order valence-electron chi connectivity index (χ3n) is 17.3. The Morgan fingerprint density at radius 2 is 0.579 bits per heavy atom. The number of rotatable bonds is 75. The predicted octanol–water partition coefficient (Wildman–Crippen LogP) is 27.0. The highest BCUT2D eigenvalue weighted by Crippen LogP contribution is 2.43. The van der Waals surface area contributed by atoms with E-state index in [9.17, 15) is 19.0 Å². The Bertz CT molecular complexity index is 1980. The molecule has 0 radical (unpaired) electrons. The van der Waals surface area contributed by atoms with Gasteiger partial charge in [-0.05, 0) is 109 Å². The second kappa shape index (κ2) is 79.4. The molecule has 0 amide bonds. The molecule has 2 unspecified atom stereocenters. The van der Waals surface area contributed by atoms with Crippen molar-refractivity contribution < 1.29 is 37.6 Å². The second-order valence-corrected chi connectivity index (χ2v) is 28.0. The van der Waals surface area contributed by atoms with Crippen molar-refractivity contribution in [3.05, 3.63) is 122 Å². The molecule has 9 nitrogen and oxygen atoms in total. The molecule has 0 saturated carbocycles. The second-order valence-electron chi connectivity index (χ2n) is 26.6. The zero-order valence-electron chi connectivity index (χ0n) is 61.9. The van der Waals surface area contributed by atoms with Gasteiger partial charge < -0.3 is 20.1 Å². The summed E-state index contributed by atoms with van der Waals surface area (Å²) in [5, 5.41) is 0. The van der Waals surface area contributed by atoms with Crippen LogP contribution in [0.5, 0.6) is 0 Å². The molecule has 2 atom stereocenters. The number of unbranched alkanes of at least 4 members (excludes halogenated alkanes) is 42. The van der Waals surface area contributed by atoms with Gasteiger partial charge in [0, 0.05) is 19.4 Å². The highest BCUT2D eigenvalue weighted by molar-refractivity contribution is 7.47. The number of carbonyl (C=O) groups is 2. The molecule has 0 aliphatic heterocycles. The van der Waals surface area contributed by atoms with Crippen LogP contribution in [0.2, 0.25) is 0 Å². The Morgan fingerprint density at radius 1 is 0.326 bits per heavy atom. The van der Waals surface area contributed by atoms with E-state index in [1.807, 2.05) is 0 Å². The SMILES string of the molecule is CC/C=C\C/C=C\C/C=C\C/C=C\C/C=C\C/C=C\C/C=C\C/C=C\C/C=C\CCCCCCCCCC(=O)OC(COC(=O)CCCCCCCCCCCCCCCCCCCCCCCCCCCCC/C=C\CCCCCCCCCC)COP(=O)(O)OCCN. The van der Waals surface area contributed by atoms with Crippen LogP contribution in [0.25, 0.3) is 0 Å². The molecular weight excluding hydrogens is 1190 g/mol. The van der Waals surface area contributed by atoms with Crippen molar-refractivity contribution >= 4 is 19.8 Å². The summed E-state index contributed by atoms with van der Waals surface area (Å²) >= 11 is 0. The summed E-state index contributed by atoms with van der Waals surface area (Å²) in [4.78, 5) is 35.5. The predicted molar refractivity (Wildman–Crippen MR) is 413 cm³/mol. The number of phosphoric ester groups is 1. The molecular formula is C85H150NO8P. The molecule has 0 fully saturated rings. The Hall–Kier alpha value is -3.59. The highest BCUT2D eigenvalue weighted by atomic mass is 31.2. The molecule has 95 heavy (non-hydrogen) atoms. The lowest BCUT2D eigenvalue weighted by molar-refractivity contribution is -0.161. The van der Waals surface area contributed by atoms with Crippen LogP contribution in [0.15, 0.2) is 122 Å². The lowest BCUT2D eigenvalue weighted by atomic mass is 10.0. The first kappa shape index (κ1) is 91.4. The number of phosphoric acid groups is 1. The normalized spacial score (nSPS) is 13.5. The molecule has 0 aliphatic carbocycles. The van der Waals surface area contributed by atoms with Gasteiger partial charge in [-0.3, -0.25) is 18.6 Å². The Labute approximate surface area is 587 Å². The van der Waals surface area contributed by atoms with E-state index in [-0.39, 0.29) is 38.6 Å². The fourth-order valence-electron chi connectivity index (χ4n) is 11.5. The zero-order valence-corrected chi connectivity index (χ0v) is 62.8. The maximum absolute atomic E-state index is 12.8. The Morgan fingerprint density at radius 3 is 0.874 bits per heavy atom. The molecule has 0 aromatic rings. The standard InChI is InChI=1S/C85H150NO8P/c1-3-5-7-9-11-13-15-17-19-21-23-25-27-29-31-33-35-37-39-40-41-42-44-45-47-49-51-53-55-57-59-61-63-65-67-69-71-73-75-77-84(87)91-81-83(82-93-95(89,90)92-80-79-86)94-85(88)78-76-74-72-70-68-66-64-62-60-58-56-54-52-50-48-46-43-38-36-34-32-30-28-26-24-22-20-18-16-14-12-10-8-6-4-2/h6,8,12,14,18,20-21,23-24,26,30,32,36,38,46,48,52,54,58,60,83H,3-5,7,9-11,13,15-17,19,22,25,27-29,31,33-35,37,39-45,47,49-51,53,55-57,59,61-82,86H2,1-2H3,(H,89,90)/b8-6-,14-12-,20-18-,23-21-,26-24-,32-30-,38-36-,48-46-,54-52-,60-58-. The molecule has 0 spiro atoms. The van der Waals surface area contributed by atoms with E-state index in [1.54, 1.807) is 0 Å². The summed E-state index contributed by atoms with van der Waals surface area (Å²) in [5.74, 6) is -0.833. The Kier molecular flexibility index (Phi) is 76.4. The number of hydrogen-bond acceptors (Lipinski definition) is 8. The summed E-state index contributed by atoms with van der Waals surface area (Å²) in [5.41, 5.74) is 5.41. The first-order valence-electron chi connectivity index (χ1n) is 40.0. The van der Waals surface area contributed by atoms with E-state index in [2.05, 4.69) is 135 Å². The molecule has 10 heteroatoms. The molecule has 0 bridgehead atoms. The van der Waals surface area contributed by atoms with Crippen LogP contribution in [0.3, 0.4) is 0 Å². The van der Waals surface area contributed by atoms with Gasteiger partial charge in [0.25, 0.3) is 0 Å². The summed E-state index contributed by atoms with van der Waals surface area (Å²) in [6.07, 6.45) is 112. The van der Waals surface area contributed by atoms with Crippen molar-refractivity contribution in [2.45, 2.75) is 380 Å². The van der Waals surface area contributed by atoms with Crippen LogP contribution >= 0.6 is 7.82 Å². The smallest absolute Gasteiger partial charge is 0.462 e. The minimum atomic E-state index is -4.41. The maximum Gasteiger partial charge on any atom is 0.472 e. The van der Waals surface area contributed by atoms with Gasteiger partial charge in [0.05, 0.1) is 13.2 Å². The summed E-state index contributed by atoms with van der Waals surface area (Å²) in [7, 11) is -4.41. The van der Waals surface area contributed by atoms with Crippen LogP contribution < -0.4 is 5.73 Å². The van der Waals surface area contributed by atoms with Crippen LogP contribution in [0.4, 0.5) is 0 Å². The number of allylic oxidation sites excluding steroid dienone is 20. The van der Waals surface area contributed by atoms with Crippen molar-refractivity contribution in [1.82, 2.24) is 0 Å². The highest BCUT2D eigenvalue weighted by Gasteiger charge is 2.26. The van der Waals surface area contributed by atoms with Gasteiger partial charge in [0.15, 0.2) is 6.10 Å². The monoisotopic (exact) mass is 1340 g/mol. The number of ether oxygens (including phenoxy) is 2. The van der Waals surface area contributed by atoms with Crippen LogP contribution in [-0.2, 0) is 32.7 Å². The molecule has 3 N–H and O–H groups in total. The lowest BCUT2D eigenvalue weighted by Crippen LogP contribution is -2.29. The van der Waals surface area contributed by atoms with Crippen LogP contribution in [0.1, 0.15) is 373 Å². The van der Waals surface area contributed by atoms with Crippen molar-refractivity contribution in [2.75, 3.05) is 26.4 Å². The molecule has 0 saturated heterocycles. The van der Waals surface area contributed by atoms with Gasteiger partial charge in [-0.25, -0.2) is 4.57 Å². The van der Waals surface area contributed by atoms with Crippen molar-refractivity contribution in [3.8, 4) is 0 Å². The van der Waals surface area contributed by atoms with Gasteiger partial charge in [-0.2, -0.15) is 0 Å². The fraction of sp³-hybridized carbons (Fsp3) is 0.741. The zero-order chi connectivity index (χ0) is 68.6. The fourth-order valence-corrected chi connectivity index (χ4v) is 12.2. The van der Waals surface area contributed by atoms with E-state index in [0.717, 1.165) is 103 Å². The van der Waals surface area contributed by atoms with Crippen molar-refractivity contribution in [2.24, 2.45) is 5.73 Å². The van der Waals surface area contributed by atoms with Crippen LogP contribution in [-0.4, -0.2) is 49.3 Å². The van der Waals surface area contributed by atoms with Gasteiger partial charge in [0.1, 0.15) is 6.61 Å². The van der Waals surface area contributed by atoms with Gasteiger partial charge in [0.2, 0.25) is 0 Å². The number of nitrogens with two attached hydrogens (primary N) is 1. The summed E-state index contributed by atoms with van der Waals surface area (Å²) in [6.45, 7) is 3.65. The molecule has 0 aromatic heterocycles. The van der Waals surface area contributed by atoms with Gasteiger partial charge in [-0.1, -0.05) is 373 Å². The van der Waals surface area contributed by atoms with E-state index in [0.29, 0.717) is 6.42 Å². The number of hydrogen-bond donors (Lipinski definition) is 2. The first-order chi connectivity index (χ1) is 46.8. The van der Waals surface area contributed by atoms with E-state index in [1.165, 1.54) is 238 Å². The quantitative estimate of drug-likeness (QED) is 0.0264. The minimum absolute atomic E-state index is 0.0473. The van der Waals surface area contributed by atoms with Crippen molar-refractivity contribution in [1.29, 1.82) is 0 Å². The van der Waals surface area contributed by atoms with E-state index >= 15 is 0 Å². The van der Waals surface area contributed by atoms with E-state index in [4.69, 9.17) is 24.3 Å². The van der Waals surface area contributed by atoms with Crippen LogP contribution in [0, 0.1) is 0 Å². The average molecular weight is 1350 g/mol. The third-order valence-corrected chi connectivity index (χ3v) is 18.3. The van der Waals surface area contributed by atoms with Crippen molar-refractivity contribution in [3.63, 3.8) is 0 Å². The van der Waals surface area contributed by atoms with Gasteiger partial charge >= 0.3 is 19.8 Å². The molecule has 0 heterocycles. The molecule has 548 valence electrons. The largest absolute Gasteiger partial charge is 0.472 e. The topological polar surface area (TPSA) is 134 Å². The maximum atomic E-state index is 12.8. The van der Waals surface area contributed by atoms with E-state index < -0.39 is 26.5 Å². The first-order valence-corrected chi connectivity index (χ1v) is 41.5. The molecule has 0 rings (SSSR count). The van der Waals surface area contributed by atoms with Gasteiger partial charge in [-0.15, -0.1) is 0 Å². The number of esters is 2. The summed E-state index contributed by atoms with van der Waals surface area (Å²) < 4.78 is 33.2. The average Bonchev–Trinajstić information content (AvgIpc) is 3.32. The Balaban J connectivity index is 3.84. The minimum Gasteiger partial charge on any atom is -0.462 e. The third kappa shape index (κ3) is 79.3. The lowest BCUT2D eigenvalue weighted by Gasteiger charge is -2.19. The summed E-state index contributed by atoms with van der Waals surface area (Å²) in [6, 6.07) is 0. The number of carbonyl (C=O) groups excluding carboxylic acids is 2. The molecule has 0 aliphatic rings.